The van der Waals surface area contributed by atoms with Crippen LogP contribution in [0.25, 0.3) is 11.3 Å². The van der Waals surface area contributed by atoms with Crippen LogP contribution >= 0.6 is 0 Å². The van der Waals surface area contributed by atoms with Crippen LogP contribution in [0.3, 0.4) is 0 Å². The molecule has 0 unspecified atom stereocenters. The first kappa shape index (κ1) is 13.6. The minimum atomic E-state index is 0.760. The number of H-pyrrole nitrogens is 1. The second-order valence-corrected chi connectivity index (χ2v) is 4.40. The van der Waals surface area contributed by atoms with Gasteiger partial charge in [-0.3, -0.25) is 0 Å². The summed E-state index contributed by atoms with van der Waals surface area (Å²) in [6.45, 7) is 6.66. The predicted octanol–water partition coefficient (Wildman–Crippen LogP) is 2.98. The second kappa shape index (κ2) is 6.95. The molecule has 0 amide bonds. The highest BCUT2D eigenvalue weighted by molar-refractivity contribution is 5.59. The van der Waals surface area contributed by atoms with Crippen LogP contribution in [0.1, 0.15) is 26.1 Å². The number of benzene rings is 1. The smallest absolute Gasteiger partial charge is 0.120 e. The number of hydrogen-bond donors (Lipinski definition) is 2. The quantitative estimate of drug-likeness (QED) is 0.803. The summed E-state index contributed by atoms with van der Waals surface area (Å²) in [6, 6.07) is 8.09. The molecule has 0 atom stereocenters. The Kier molecular flexibility index (Phi) is 4.98. The number of rotatable bonds is 7. The first-order valence-electron chi connectivity index (χ1n) is 6.81. The Balaban J connectivity index is 2.02. The van der Waals surface area contributed by atoms with Crippen LogP contribution in [-0.4, -0.2) is 23.1 Å². The minimum Gasteiger partial charge on any atom is -0.494 e. The van der Waals surface area contributed by atoms with Crippen LogP contribution in [0.2, 0.25) is 0 Å². The van der Waals surface area contributed by atoms with Crippen molar-refractivity contribution in [1.82, 2.24) is 15.3 Å². The first-order chi connectivity index (χ1) is 9.33. The molecule has 1 heterocycles. The van der Waals surface area contributed by atoms with Gasteiger partial charge in [-0.05, 0) is 42.8 Å². The number of nitrogens with one attached hydrogen (secondary N) is 2. The molecule has 4 heteroatoms. The molecule has 0 aliphatic heterocycles. The van der Waals surface area contributed by atoms with Crippen molar-refractivity contribution >= 4 is 0 Å². The third-order valence-electron chi connectivity index (χ3n) is 2.81. The lowest BCUT2D eigenvalue weighted by atomic mass is 10.2. The number of imidazole rings is 1. The van der Waals surface area contributed by atoms with Crippen molar-refractivity contribution in [3.8, 4) is 17.0 Å². The Bertz CT molecular complexity index is 490. The number of nitrogens with zero attached hydrogens (tertiary/aromatic N) is 1. The van der Waals surface area contributed by atoms with Gasteiger partial charge in [-0.15, -0.1) is 0 Å². The Morgan fingerprint density at radius 3 is 2.68 bits per heavy atom. The highest BCUT2D eigenvalue weighted by atomic mass is 16.5. The maximum absolute atomic E-state index is 5.57. The molecule has 102 valence electrons. The molecule has 0 fully saturated rings. The van der Waals surface area contributed by atoms with E-state index in [2.05, 4.69) is 41.3 Å². The van der Waals surface area contributed by atoms with Crippen LogP contribution in [0, 0.1) is 0 Å². The van der Waals surface area contributed by atoms with E-state index < -0.39 is 0 Å². The Hall–Kier alpha value is -1.81. The predicted molar refractivity (Wildman–Crippen MR) is 77.2 cm³/mol. The molecule has 1 aromatic carbocycles. The minimum absolute atomic E-state index is 0.760. The van der Waals surface area contributed by atoms with Crippen molar-refractivity contribution in [2.75, 3.05) is 13.2 Å². The maximum atomic E-state index is 5.57. The molecule has 4 nitrogen and oxygen atoms in total. The normalized spacial score (nSPS) is 10.6. The molecule has 0 aliphatic carbocycles. The Labute approximate surface area is 114 Å². The van der Waals surface area contributed by atoms with E-state index in [1.165, 1.54) is 0 Å². The van der Waals surface area contributed by atoms with Gasteiger partial charge < -0.3 is 15.0 Å². The summed E-state index contributed by atoms with van der Waals surface area (Å²) < 4.78 is 5.57. The fourth-order valence-electron chi connectivity index (χ4n) is 1.79. The third kappa shape index (κ3) is 3.83. The van der Waals surface area contributed by atoms with Gasteiger partial charge in [0.15, 0.2) is 0 Å². The standard InChI is InChI=1S/C15H21N3O/c1-3-9-19-13-7-5-12(6-8-13)14-10-17-15(18-14)11-16-4-2/h5-8,10,16H,3-4,9,11H2,1-2H3,(H,17,18). The summed E-state index contributed by atoms with van der Waals surface area (Å²) in [5, 5.41) is 3.25. The fourth-order valence-corrected chi connectivity index (χ4v) is 1.79. The molecule has 0 aliphatic rings. The third-order valence-corrected chi connectivity index (χ3v) is 2.81. The van der Waals surface area contributed by atoms with Gasteiger partial charge in [-0.2, -0.15) is 0 Å². The molecule has 1 aromatic heterocycles. The van der Waals surface area contributed by atoms with Gasteiger partial charge in [0.25, 0.3) is 0 Å². The molecule has 0 radical (unpaired) electrons. The zero-order valence-corrected chi connectivity index (χ0v) is 11.6. The van der Waals surface area contributed by atoms with Crippen molar-refractivity contribution in [3.63, 3.8) is 0 Å². The van der Waals surface area contributed by atoms with Gasteiger partial charge in [0.2, 0.25) is 0 Å². The summed E-state index contributed by atoms with van der Waals surface area (Å²) in [7, 11) is 0. The first-order valence-corrected chi connectivity index (χ1v) is 6.81. The average molecular weight is 259 g/mol. The summed E-state index contributed by atoms with van der Waals surface area (Å²) in [5.41, 5.74) is 2.16. The molecular formula is C15H21N3O. The molecule has 2 aromatic rings. The molecule has 0 bridgehead atoms. The SMILES string of the molecule is CCCOc1ccc(-c2cnc(CNCC)[nH]2)cc1. The Morgan fingerprint density at radius 1 is 1.21 bits per heavy atom. The van der Waals surface area contributed by atoms with Gasteiger partial charge in [-0.25, -0.2) is 4.98 Å². The summed E-state index contributed by atoms with van der Waals surface area (Å²) in [4.78, 5) is 7.67. The maximum Gasteiger partial charge on any atom is 0.120 e. The van der Waals surface area contributed by atoms with Gasteiger partial charge in [0.05, 0.1) is 25.0 Å². The van der Waals surface area contributed by atoms with Gasteiger partial charge in [0.1, 0.15) is 11.6 Å². The zero-order chi connectivity index (χ0) is 13.5. The molecule has 0 saturated carbocycles. The lowest BCUT2D eigenvalue weighted by molar-refractivity contribution is 0.317. The molecule has 0 saturated heterocycles. The van der Waals surface area contributed by atoms with E-state index in [0.29, 0.717) is 0 Å². The number of aromatic amines is 1. The summed E-state index contributed by atoms with van der Waals surface area (Å²) >= 11 is 0. The van der Waals surface area contributed by atoms with Crippen molar-refractivity contribution < 1.29 is 4.74 Å². The van der Waals surface area contributed by atoms with Crippen LogP contribution in [0.15, 0.2) is 30.5 Å². The summed E-state index contributed by atoms with van der Waals surface area (Å²) in [5.74, 6) is 1.88. The van der Waals surface area contributed by atoms with Gasteiger partial charge in [-0.1, -0.05) is 13.8 Å². The van der Waals surface area contributed by atoms with Crippen LogP contribution in [0.4, 0.5) is 0 Å². The van der Waals surface area contributed by atoms with Crippen molar-refractivity contribution in [3.05, 3.63) is 36.3 Å². The highest BCUT2D eigenvalue weighted by Gasteiger charge is 2.03. The van der Waals surface area contributed by atoms with Crippen molar-refractivity contribution in [2.24, 2.45) is 0 Å². The van der Waals surface area contributed by atoms with E-state index in [0.717, 1.165) is 48.9 Å². The molecule has 19 heavy (non-hydrogen) atoms. The van der Waals surface area contributed by atoms with E-state index in [1.54, 1.807) is 0 Å². The lowest BCUT2D eigenvalue weighted by Gasteiger charge is -2.05. The zero-order valence-electron chi connectivity index (χ0n) is 11.6. The van der Waals surface area contributed by atoms with E-state index in [9.17, 15) is 0 Å². The number of ether oxygens (including phenoxy) is 1. The molecule has 0 spiro atoms. The van der Waals surface area contributed by atoms with Crippen molar-refractivity contribution in [2.45, 2.75) is 26.8 Å². The van der Waals surface area contributed by atoms with Crippen LogP contribution in [0.5, 0.6) is 5.75 Å². The Morgan fingerprint density at radius 2 is 2.00 bits per heavy atom. The van der Waals surface area contributed by atoms with E-state index in [-0.39, 0.29) is 0 Å². The largest absolute Gasteiger partial charge is 0.494 e. The molecular weight excluding hydrogens is 238 g/mol. The fraction of sp³-hybridized carbons (Fsp3) is 0.400. The second-order valence-electron chi connectivity index (χ2n) is 4.40. The van der Waals surface area contributed by atoms with E-state index in [1.807, 2.05) is 18.3 Å². The number of hydrogen-bond acceptors (Lipinski definition) is 3. The van der Waals surface area contributed by atoms with E-state index >= 15 is 0 Å². The summed E-state index contributed by atoms with van der Waals surface area (Å²) in [6.07, 6.45) is 2.89. The van der Waals surface area contributed by atoms with E-state index in [4.69, 9.17) is 4.74 Å². The van der Waals surface area contributed by atoms with Gasteiger partial charge >= 0.3 is 0 Å². The van der Waals surface area contributed by atoms with Gasteiger partial charge in [0, 0.05) is 0 Å². The van der Waals surface area contributed by atoms with Crippen LogP contribution < -0.4 is 10.1 Å². The van der Waals surface area contributed by atoms with Crippen molar-refractivity contribution in [1.29, 1.82) is 0 Å². The van der Waals surface area contributed by atoms with Crippen LogP contribution in [-0.2, 0) is 6.54 Å². The lowest BCUT2D eigenvalue weighted by Crippen LogP contribution is -2.12. The topological polar surface area (TPSA) is 49.9 Å². The number of aromatic nitrogens is 2. The monoisotopic (exact) mass is 259 g/mol. The average Bonchev–Trinajstić information content (AvgIpc) is 2.92. The molecule has 2 rings (SSSR count). The highest BCUT2D eigenvalue weighted by Crippen LogP contribution is 2.20. The molecule has 2 N–H and O–H groups in total.